The zero-order valence-electron chi connectivity index (χ0n) is 19.9. The maximum Gasteiger partial charge on any atom is 0.119 e. The van der Waals surface area contributed by atoms with Crippen LogP contribution in [0.25, 0.3) is 0 Å². The molecular formula is C26H38N2O4. The minimum absolute atomic E-state index is 0.289. The summed E-state index contributed by atoms with van der Waals surface area (Å²) >= 11 is 0. The average molecular weight is 443 g/mol. The molecule has 3 rings (SSSR count). The fourth-order valence-electron chi connectivity index (χ4n) is 3.85. The third kappa shape index (κ3) is 7.48. The summed E-state index contributed by atoms with van der Waals surface area (Å²) in [6.07, 6.45) is -1.06. The maximum absolute atomic E-state index is 10.4. The number of aliphatic hydroxyl groups is 2. The van der Waals surface area contributed by atoms with E-state index in [1.807, 2.05) is 36.4 Å². The van der Waals surface area contributed by atoms with E-state index in [0.717, 1.165) is 37.7 Å². The van der Waals surface area contributed by atoms with E-state index in [4.69, 9.17) is 9.47 Å². The van der Waals surface area contributed by atoms with E-state index in [-0.39, 0.29) is 13.2 Å². The molecule has 0 unspecified atom stereocenters. The quantitative estimate of drug-likeness (QED) is 0.590. The van der Waals surface area contributed by atoms with Gasteiger partial charge in [-0.25, -0.2) is 0 Å². The van der Waals surface area contributed by atoms with Gasteiger partial charge in [-0.1, -0.05) is 12.1 Å². The van der Waals surface area contributed by atoms with Crippen molar-refractivity contribution in [2.45, 2.75) is 39.9 Å². The summed E-state index contributed by atoms with van der Waals surface area (Å²) in [5.41, 5.74) is 4.85. The Kier molecular flexibility index (Phi) is 8.93. The SMILES string of the molecule is Cc1ccc(OC[C@H](O)CN2CCN(C[C@@H](O)COc3ccc(C)c(C)c3)CC2)cc1C. The van der Waals surface area contributed by atoms with Crippen molar-refractivity contribution in [2.24, 2.45) is 0 Å². The minimum atomic E-state index is -0.528. The van der Waals surface area contributed by atoms with Crippen LogP contribution in [0.1, 0.15) is 22.3 Å². The highest BCUT2D eigenvalue weighted by molar-refractivity contribution is 5.34. The third-order valence-electron chi connectivity index (χ3n) is 6.24. The van der Waals surface area contributed by atoms with E-state index < -0.39 is 12.2 Å². The van der Waals surface area contributed by atoms with Gasteiger partial charge in [0.05, 0.1) is 0 Å². The molecule has 0 bridgehead atoms. The summed E-state index contributed by atoms with van der Waals surface area (Å²) in [5.74, 6) is 1.60. The van der Waals surface area contributed by atoms with Crippen molar-refractivity contribution in [1.29, 1.82) is 0 Å². The first-order valence-corrected chi connectivity index (χ1v) is 11.5. The predicted molar refractivity (Wildman–Crippen MR) is 128 cm³/mol. The van der Waals surface area contributed by atoms with Gasteiger partial charge in [0.1, 0.15) is 36.9 Å². The fraction of sp³-hybridized carbons (Fsp3) is 0.538. The lowest BCUT2D eigenvalue weighted by molar-refractivity contribution is 0.0240. The number of aryl methyl sites for hydroxylation is 4. The van der Waals surface area contributed by atoms with Gasteiger partial charge in [-0.3, -0.25) is 9.80 Å². The molecule has 2 N–H and O–H groups in total. The molecule has 2 aromatic rings. The smallest absolute Gasteiger partial charge is 0.119 e. The highest BCUT2D eigenvalue weighted by atomic mass is 16.5. The first-order valence-electron chi connectivity index (χ1n) is 11.5. The zero-order valence-corrected chi connectivity index (χ0v) is 19.9. The molecule has 6 nitrogen and oxygen atoms in total. The molecule has 2 atom stereocenters. The van der Waals surface area contributed by atoms with Crippen LogP contribution in [-0.2, 0) is 0 Å². The summed E-state index contributed by atoms with van der Waals surface area (Å²) in [6.45, 7) is 13.5. The maximum atomic E-state index is 10.4. The van der Waals surface area contributed by atoms with Crippen molar-refractivity contribution in [2.75, 3.05) is 52.5 Å². The Balaban J connectivity index is 1.32. The number of ether oxygens (including phenoxy) is 2. The van der Waals surface area contributed by atoms with Gasteiger partial charge >= 0.3 is 0 Å². The van der Waals surface area contributed by atoms with Crippen LogP contribution in [0.2, 0.25) is 0 Å². The van der Waals surface area contributed by atoms with Gasteiger partial charge in [0.2, 0.25) is 0 Å². The molecule has 0 aliphatic carbocycles. The van der Waals surface area contributed by atoms with E-state index in [1.54, 1.807) is 0 Å². The third-order valence-corrected chi connectivity index (χ3v) is 6.24. The summed E-state index contributed by atoms with van der Waals surface area (Å²) in [4.78, 5) is 4.51. The lowest BCUT2D eigenvalue weighted by Gasteiger charge is -2.36. The fourth-order valence-corrected chi connectivity index (χ4v) is 3.85. The summed E-state index contributed by atoms with van der Waals surface area (Å²) in [5, 5.41) is 20.8. The number of benzene rings is 2. The molecule has 1 saturated heterocycles. The number of rotatable bonds is 10. The average Bonchev–Trinajstić information content (AvgIpc) is 2.77. The van der Waals surface area contributed by atoms with Crippen LogP contribution in [0.5, 0.6) is 11.5 Å². The van der Waals surface area contributed by atoms with Crippen LogP contribution in [0.4, 0.5) is 0 Å². The standard InChI is InChI=1S/C26H38N2O4/c1-19-5-7-25(13-21(19)3)31-17-23(29)15-27-9-11-28(12-10-27)16-24(30)18-32-26-8-6-20(2)22(4)14-26/h5-8,13-14,23-24,29-30H,9-12,15-18H2,1-4H3/t23-,24-/m1/s1. The molecule has 176 valence electrons. The number of hydrogen-bond donors (Lipinski definition) is 2. The Hall–Kier alpha value is -2.12. The molecule has 6 heteroatoms. The Morgan fingerprint density at radius 1 is 0.656 bits per heavy atom. The molecule has 0 aromatic heterocycles. The van der Waals surface area contributed by atoms with Gasteiger partial charge in [-0.2, -0.15) is 0 Å². The Labute approximate surface area is 192 Å². The van der Waals surface area contributed by atoms with Crippen molar-refractivity contribution in [1.82, 2.24) is 9.80 Å². The van der Waals surface area contributed by atoms with Gasteiger partial charge < -0.3 is 19.7 Å². The summed E-state index contributed by atoms with van der Waals surface area (Å²) < 4.78 is 11.5. The second kappa shape index (κ2) is 11.7. The molecule has 1 aliphatic rings. The zero-order chi connectivity index (χ0) is 23.1. The molecule has 1 aliphatic heterocycles. The highest BCUT2D eigenvalue weighted by Crippen LogP contribution is 2.18. The summed E-state index contributed by atoms with van der Waals surface area (Å²) in [7, 11) is 0. The van der Waals surface area contributed by atoms with E-state index in [9.17, 15) is 10.2 Å². The van der Waals surface area contributed by atoms with Crippen LogP contribution in [0.3, 0.4) is 0 Å². The largest absolute Gasteiger partial charge is 0.491 e. The number of hydrogen-bond acceptors (Lipinski definition) is 6. The van der Waals surface area contributed by atoms with Crippen LogP contribution in [0.15, 0.2) is 36.4 Å². The molecule has 32 heavy (non-hydrogen) atoms. The van der Waals surface area contributed by atoms with Crippen molar-refractivity contribution >= 4 is 0 Å². The molecule has 0 radical (unpaired) electrons. The Bertz CT molecular complexity index is 793. The van der Waals surface area contributed by atoms with Gasteiger partial charge in [-0.05, 0) is 74.2 Å². The van der Waals surface area contributed by atoms with Gasteiger partial charge in [0, 0.05) is 39.3 Å². The first-order chi connectivity index (χ1) is 15.3. The van der Waals surface area contributed by atoms with E-state index >= 15 is 0 Å². The van der Waals surface area contributed by atoms with E-state index in [2.05, 4.69) is 37.5 Å². The highest BCUT2D eigenvalue weighted by Gasteiger charge is 2.21. The van der Waals surface area contributed by atoms with E-state index in [1.165, 1.54) is 22.3 Å². The van der Waals surface area contributed by atoms with E-state index in [0.29, 0.717) is 13.1 Å². The van der Waals surface area contributed by atoms with Crippen LogP contribution >= 0.6 is 0 Å². The van der Waals surface area contributed by atoms with Gasteiger partial charge in [0.15, 0.2) is 0 Å². The second-order valence-corrected chi connectivity index (χ2v) is 9.02. The molecule has 2 aromatic carbocycles. The number of aliphatic hydroxyl groups excluding tert-OH is 2. The van der Waals surface area contributed by atoms with Crippen molar-refractivity contribution < 1.29 is 19.7 Å². The topological polar surface area (TPSA) is 65.4 Å². The lowest BCUT2D eigenvalue weighted by atomic mass is 10.1. The Morgan fingerprint density at radius 3 is 1.38 bits per heavy atom. The first kappa shape index (κ1) is 24.5. The van der Waals surface area contributed by atoms with Gasteiger partial charge in [0.25, 0.3) is 0 Å². The lowest BCUT2D eigenvalue weighted by Crippen LogP contribution is -2.51. The monoisotopic (exact) mass is 442 g/mol. The van der Waals surface area contributed by atoms with Gasteiger partial charge in [-0.15, -0.1) is 0 Å². The Morgan fingerprint density at radius 2 is 1.03 bits per heavy atom. The van der Waals surface area contributed by atoms with Crippen molar-refractivity contribution in [3.05, 3.63) is 58.7 Å². The normalized spacial score (nSPS) is 17.2. The number of nitrogens with zero attached hydrogens (tertiary/aromatic N) is 2. The van der Waals surface area contributed by atoms with Crippen molar-refractivity contribution in [3.8, 4) is 11.5 Å². The molecule has 1 heterocycles. The van der Waals surface area contributed by atoms with Crippen LogP contribution in [0, 0.1) is 27.7 Å². The van der Waals surface area contributed by atoms with Crippen LogP contribution in [-0.4, -0.2) is 84.7 Å². The molecule has 0 amide bonds. The minimum Gasteiger partial charge on any atom is -0.491 e. The number of β-amino-alcohol motifs (C(OH)–C–C–N with tert-alkyl or cyclic N) is 2. The number of piperazine rings is 1. The predicted octanol–water partition coefficient (Wildman–Crippen LogP) is 2.72. The molecule has 0 spiro atoms. The molecule has 1 fully saturated rings. The van der Waals surface area contributed by atoms with Crippen molar-refractivity contribution in [3.63, 3.8) is 0 Å². The molecule has 0 saturated carbocycles. The second-order valence-electron chi connectivity index (χ2n) is 9.02. The van der Waals surface area contributed by atoms with Crippen LogP contribution < -0.4 is 9.47 Å². The molecular weight excluding hydrogens is 404 g/mol. The summed E-state index contributed by atoms with van der Waals surface area (Å²) in [6, 6.07) is 12.0.